The highest BCUT2D eigenvalue weighted by molar-refractivity contribution is 7.89. The topological polar surface area (TPSA) is 69.7 Å². The molecule has 0 unspecified atom stereocenters. The Hall–Kier alpha value is -2.22. The normalized spacial score (nSPS) is 15.6. The van der Waals surface area contributed by atoms with Crippen LogP contribution in [0.15, 0.2) is 65.6 Å². The molecule has 1 saturated heterocycles. The van der Waals surface area contributed by atoms with Gasteiger partial charge in [0, 0.05) is 45.7 Å². The molecule has 0 aromatic heterocycles. The second-order valence-electron chi connectivity index (χ2n) is 6.60. The Labute approximate surface area is 160 Å². The smallest absolute Gasteiger partial charge is 0.240 e. The summed E-state index contributed by atoms with van der Waals surface area (Å²) in [4.78, 5) is 16.7. The molecule has 0 saturated carbocycles. The first-order valence-corrected chi connectivity index (χ1v) is 10.6. The number of nitrogens with one attached hydrogen (secondary N) is 1. The van der Waals surface area contributed by atoms with Gasteiger partial charge >= 0.3 is 0 Å². The third-order valence-electron chi connectivity index (χ3n) is 4.66. The molecule has 0 bridgehead atoms. The molecule has 2 aromatic rings. The van der Waals surface area contributed by atoms with Crippen molar-refractivity contribution in [1.29, 1.82) is 0 Å². The van der Waals surface area contributed by atoms with E-state index >= 15 is 0 Å². The van der Waals surface area contributed by atoms with Crippen LogP contribution in [-0.2, 0) is 21.4 Å². The van der Waals surface area contributed by atoms with Gasteiger partial charge in [0.25, 0.3) is 0 Å². The van der Waals surface area contributed by atoms with E-state index in [-0.39, 0.29) is 23.8 Å². The summed E-state index contributed by atoms with van der Waals surface area (Å²) in [5, 5.41) is 0. The number of carbonyl (C=O) groups is 1. The SMILES string of the molecule is O=C(CCNS(=O)(=O)c1ccccc1)N1CCN(Cc2ccccc2)CC1. The number of sulfonamides is 1. The van der Waals surface area contributed by atoms with Gasteiger partial charge in [-0.15, -0.1) is 0 Å². The lowest BCUT2D eigenvalue weighted by Crippen LogP contribution is -2.48. The van der Waals surface area contributed by atoms with E-state index in [0.29, 0.717) is 13.1 Å². The Morgan fingerprint density at radius 2 is 1.48 bits per heavy atom. The summed E-state index contributed by atoms with van der Waals surface area (Å²) < 4.78 is 26.8. The number of hydrogen-bond acceptors (Lipinski definition) is 4. The standard InChI is InChI=1S/C20H25N3O3S/c24-20(11-12-21-27(25,26)19-9-5-2-6-10-19)23-15-13-22(14-16-23)17-18-7-3-1-4-8-18/h1-10,21H,11-17H2. The summed E-state index contributed by atoms with van der Waals surface area (Å²) in [6.45, 7) is 4.01. The van der Waals surface area contributed by atoms with Gasteiger partial charge in [0.15, 0.2) is 0 Å². The average molecular weight is 388 g/mol. The molecular formula is C20H25N3O3S. The molecular weight excluding hydrogens is 362 g/mol. The lowest BCUT2D eigenvalue weighted by Gasteiger charge is -2.34. The van der Waals surface area contributed by atoms with Crippen molar-refractivity contribution in [3.05, 3.63) is 66.2 Å². The van der Waals surface area contributed by atoms with Crippen molar-refractivity contribution in [3.63, 3.8) is 0 Å². The summed E-state index contributed by atoms with van der Waals surface area (Å²) in [6, 6.07) is 18.5. The van der Waals surface area contributed by atoms with Crippen LogP contribution in [0.3, 0.4) is 0 Å². The molecule has 1 N–H and O–H groups in total. The molecule has 0 aliphatic carbocycles. The van der Waals surface area contributed by atoms with E-state index in [1.165, 1.54) is 17.7 Å². The van der Waals surface area contributed by atoms with Crippen LogP contribution in [-0.4, -0.2) is 56.8 Å². The van der Waals surface area contributed by atoms with Crippen LogP contribution in [0.25, 0.3) is 0 Å². The summed E-state index contributed by atoms with van der Waals surface area (Å²) in [5.74, 6) is -0.00915. The third-order valence-corrected chi connectivity index (χ3v) is 6.14. The highest BCUT2D eigenvalue weighted by Crippen LogP contribution is 2.10. The number of rotatable bonds is 7. The summed E-state index contributed by atoms with van der Waals surface area (Å²) in [7, 11) is -3.56. The van der Waals surface area contributed by atoms with Gasteiger partial charge in [-0.1, -0.05) is 48.5 Å². The highest BCUT2D eigenvalue weighted by Gasteiger charge is 2.21. The Morgan fingerprint density at radius 3 is 2.11 bits per heavy atom. The van der Waals surface area contributed by atoms with Crippen molar-refractivity contribution < 1.29 is 13.2 Å². The van der Waals surface area contributed by atoms with Crippen LogP contribution < -0.4 is 4.72 Å². The largest absolute Gasteiger partial charge is 0.340 e. The molecule has 144 valence electrons. The molecule has 7 heteroatoms. The maximum atomic E-state index is 12.4. The molecule has 0 spiro atoms. The van der Waals surface area contributed by atoms with Crippen LogP contribution in [0, 0.1) is 0 Å². The third kappa shape index (κ3) is 5.63. The average Bonchev–Trinajstić information content (AvgIpc) is 2.70. The first kappa shape index (κ1) is 19.5. The molecule has 0 radical (unpaired) electrons. The zero-order valence-corrected chi connectivity index (χ0v) is 16.1. The minimum atomic E-state index is -3.56. The Morgan fingerprint density at radius 1 is 0.889 bits per heavy atom. The molecule has 2 aromatic carbocycles. The second kappa shape index (κ2) is 9.12. The molecule has 6 nitrogen and oxygen atoms in total. The van der Waals surface area contributed by atoms with Crippen LogP contribution in [0.1, 0.15) is 12.0 Å². The van der Waals surface area contributed by atoms with Crippen molar-refractivity contribution in [2.45, 2.75) is 17.9 Å². The molecule has 1 amide bonds. The van der Waals surface area contributed by atoms with Crippen molar-refractivity contribution in [2.24, 2.45) is 0 Å². The van der Waals surface area contributed by atoms with Crippen molar-refractivity contribution >= 4 is 15.9 Å². The van der Waals surface area contributed by atoms with Gasteiger partial charge in [-0.05, 0) is 17.7 Å². The molecule has 1 fully saturated rings. The number of benzene rings is 2. The highest BCUT2D eigenvalue weighted by atomic mass is 32.2. The van der Waals surface area contributed by atoms with Crippen LogP contribution in [0.2, 0.25) is 0 Å². The van der Waals surface area contributed by atoms with Crippen molar-refractivity contribution in [2.75, 3.05) is 32.7 Å². The first-order valence-electron chi connectivity index (χ1n) is 9.13. The molecule has 1 aliphatic rings. The van der Waals surface area contributed by atoms with Gasteiger partial charge in [0.05, 0.1) is 4.90 Å². The van der Waals surface area contributed by atoms with E-state index in [1.807, 2.05) is 23.1 Å². The molecule has 0 atom stereocenters. The Kier molecular flexibility index (Phi) is 6.60. The number of carbonyl (C=O) groups excluding carboxylic acids is 1. The fourth-order valence-corrected chi connectivity index (χ4v) is 4.18. The number of piperazine rings is 1. The molecule has 3 rings (SSSR count). The zero-order chi connectivity index (χ0) is 19.1. The van der Waals surface area contributed by atoms with Gasteiger partial charge in [-0.25, -0.2) is 13.1 Å². The maximum Gasteiger partial charge on any atom is 0.240 e. The molecule has 1 aliphatic heterocycles. The fraction of sp³-hybridized carbons (Fsp3) is 0.350. The number of amides is 1. The maximum absolute atomic E-state index is 12.4. The van der Waals surface area contributed by atoms with E-state index in [4.69, 9.17) is 0 Å². The minimum Gasteiger partial charge on any atom is -0.340 e. The van der Waals surface area contributed by atoms with Gasteiger partial charge in [0.1, 0.15) is 0 Å². The van der Waals surface area contributed by atoms with Gasteiger partial charge < -0.3 is 4.90 Å². The monoisotopic (exact) mass is 387 g/mol. The lowest BCUT2D eigenvalue weighted by atomic mass is 10.2. The van der Waals surface area contributed by atoms with Gasteiger partial charge in [0.2, 0.25) is 15.9 Å². The van der Waals surface area contributed by atoms with Gasteiger partial charge in [-0.2, -0.15) is 0 Å². The number of hydrogen-bond donors (Lipinski definition) is 1. The second-order valence-corrected chi connectivity index (χ2v) is 8.37. The van der Waals surface area contributed by atoms with Crippen LogP contribution >= 0.6 is 0 Å². The fourth-order valence-electron chi connectivity index (χ4n) is 3.13. The minimum absolute atomic E-state index is 0.00915. The summed E-state index contributed by atoms with van der Waals surface area (Å²) in [6.07, 6.45) is 0.171. The van der Waals surface area contributed by atoms with Crippen LogP contribution in [0.5, 0.6) is 0 Å². The van der Waals surface area contributed by atoms with Crippen molar-refractivity contribution in [1.82, 2.24) is 14.5 Å². The lowest BCUT2D eigenvalue weighted by molar-refractivity contribution is -0.132. The first-order chi connectivity index (χ1) is 13.0. The van der Waals surface area contributed by atoms with E-state index in [9.17, 15) is 13.2 Å². The van der Waals surface area contributed by atoms with Crippen molar-refractivity contribution in [3.8, 4) is 0 Å². The van der Waals surface area contributed by atoms with E-state index < -0.39 is 10.0 Å². The summed E-state index contributed by atoms with van der Waals surface area (Å²) >= 11 is 0. The predicted molar refractivity (Wildman–Crippen MR) is 105 cm³/mol. The van der Waals surface area contributed by atoms with Crippen LogP contribution in [0.4, 0.5) is 0 Å². The predicted octanol–water partition coefficient (Wildman–Crippen LogP) is 1.70. The quantitative estimate of drug-likeness (QED) is 0.785. The van der Waals surface area contributed by atoms with Gasteiger partial charge in [-0.3, -0.25) is 9.69 Å². The van der Waals surface area contributed by atoms with E-state index in [0.717, 1.165) is 19.6 Å². The Balaban J connectivity index is 1.41. The van der Waals surface area contributed by atoms with E-state index in [1.54, 1.807) is 18.2 Å². The molecule has 1 heterocycles. The number of nitrogens with zero attached hydrogens (tertiary/aromatic N) is 2. The molecule has 27 heavy (non-hydrogen) atoms. The Bertz CT molecular complexity index is 833. The van der Waals surface area contributed by atoms with E-state index in [2.05, 4.69) is 21.8 Å². The zero-order valence-electron chi connectivity index (χ0n) is 15.3. The summed E-state index contributed by atoms with van der Waals surface area (Å²) in [5.41, 5.74) is 1.27.